The number of alkyl carbamates (subject to hydrolysis) is 1. The van der Waals surface area contributed by atoms with Crippen LogP contribution in [0.3, 0.4) is 0 Å². The lowest BCUT2D eigenvalue weighted by molar-refractivity contribution is -0.143. The first-order valence-electron chi connectivity index (χ1n) is 14.1. The molecular weight excluding hydrogens is 466 g/mol. The van der Waals surface area contributed by atoms with E-state index in [2.05, 4.69) is 17.6 Å². The Bertz CT molecular complexity index is 887. The summed E-state index contributed by atoms with van der Waals surface area (Å²) in [5.41, 5.74) is 1.10. The molecule has 0 aliphatic heterocycles. The molecule has 1 aromatic rings. The molecule has 0 saturated heterocycles. The van der Waals surface area contributed by atoms with Gasteiger partial charge in [-0.2, -0.15) is 0 Å². The van der Waals surface area contributed by atoms with Gasteiger partial charge >= 0.3 is 6.09 Å². The molecule has 1 aliphatic carbocycles. The molecule has 1 aliphatic rings. The predicted molar refractivity (Wildman–Crippen MR) is 148 cm³/mol. The summed E-state index contributed by atoms with van der Waals surface area (Å²) in [6.07, 6.45) is 6.79. The fourth-order valence-electron chi connectivity index (χ4n) is 4.91. The zero-order valence-electron chi connectivity index (χ0n) is 24.1. The van der Waals surface area contributed by atoms with Crippen molar-refractivity contribution in [2.24, 2.45) is 5.92 Å². The van der Waals surface area contributed by atoms with Crippen molar-refractivity contribution in [1.29, 1.82) is 0 Å². The van der Waals surface area contributed by atoms with Crippen LogP contribution < -0.4 is 10.6 Å². The number of aryl methyl sites for hydroxylation is 1. The number of amides is 3. The van der Waals surface area contributed by atoms with Crippen molar-refractivity contribution in [1.82, 2.24) is 15.5 Å². The number of unbranched alkanes of at least 4 members (excludes halogenated alkanes) is 1. The van der Waals surface area contributed by atoms with Crippen LogP contribution in [-0.4, -0.2) is 47.0 Å². The number of nitrogens with zero attached hydrogens (tertiary/aromatic N) is 1. The number of hydrogen-bond donors (Lipinski definition) is 2. The van der Waals surface area contributed by atoms with E-state index in [9.17, 15) is 14.4 Å². The van der Waals surface area contributed by atoms with Crippen LogP contribution in [0, 0.1) is 12.8 Å². The number of nitrogens with one attached hydrogen (secondary N) is 2. The number of hydrogen-bond acceptors (Lipinski definition) is 4. The van der Waals surface area contributed by atoms with Crippen molar-refractivity contribution in [2.75, 3.05) is 6.54 Å². The summed E-state index contributed by atoms with van der Waals surface area (Å²) < 4.78 is 5.47. The maximum atomic E-state index is 14.2. The summed E-state index contributed by atoms with van der Waals surface area (Å²) in [5, 5.41) is 6.08. The van der Waals surface area contributed by atoms with Gasteiger partial charge in [-0.25, -0.2) is 4.79 Å². The molecule has 208 valence electrons. The number of ether oxygens (including phenoxy) is 1. The van der Waals surface area contributed by atoms with Crippen LogP contribution in [0.4, 0.5) is 4.79 Å². The summed E-state index contributed by atoms with van der Waals surface area (Å²) in [4.78, 5) is 42.5. The molecule has 0 bridgehead atoms. The molecule has 1 aromatic carbocycles. The fraction of sp³-hybridized carbons (Fsp3) is 0.700. The summed E-state index contributed by atoms with van der Waals surface area (Å²) in [7, 11) is 0. The third kappa shape index (κ3) is 10.0. The molecule has 0 radical (unpaired) electrons. The number of benzene rings is 1. The zero-order valence-corrected chi connectivity index (χ0v) is 24.1. The summed E-state index contributed by atoms with van der Waals surface area (Å²) >= 11 is 0. The smallest absolute Gasteiger partial charge is 0.408 e. The maximum Gasteiger partial charge on any atom is 0.408 e. The minimum atomic E-state index is -0.791. The SMILES string of the molecule is CCCCN(C(=O)C(CC(C)C)NC(=O)OC(C)(C)C)C(C(=O)NC1CCCCC1)c1ccccc1C. The van der Waals surface area contributed by atoms with E-state index in [4.69, 9.17) is 4.74 Å². The molecule has 0 aromatic heterocycles. The summed E-state index contributed by atoms with van der Waals surface area (Å²) in [5.74, 6) is -0.240. The lowest BCUT2D eigenvalue weighted by Gasteiger charge is -2.36. The van der Waals surface area contributed by atoms with Crippen LogP contribution in [0.1, 0.15) is 110 Å². The molecule has 7 nitrogen and oxygen atoms in total. The first-order chi connectivity index (χ1) is 17.4. The first-order valence-corrected chi connectivity index (χ1v) is 14.1. The van der Waals surface area contributed by atoms with Gasteiger partial charge in [0.15, 0.2) is 0 Å². The van der Waals surface area contributed by atoms with Crippen molar-refractivity contribution in [3.63, 3.8) is 0 Å². The average molecular weight is 516 g/mol. The van der Waals surface area contributed by atoms with E-state index in [1.165, 1.54) is 6.42 Å². The molecule has 7 heteroatoms. The van der Waals surface area contributed by atoms with Crippen LogP contribution >= 0.6 is 0 Å². The van der Waals surface area contributed by atoms with Gasteiger partial charge < -0.3 is 20.3 Å². The van der Waals surface area contributed by atoms with Crippen LogP contribution in [0.15, 0.2) is 24.3 Å². The maximum absolute atomic E-state index is 14.2. The topological polar surface area (TPSA) is 87.7 Å². The molecule has 2 unspecified atom stereocenters. The van der Waals surface area contributed by atoms with E-state index >= 15 is 0 Å². The molecule has 0 heterocycles. The minimum absolute atomic E-state index is 0.127. The van der Waals surface area contributed by atoms with Gasteiger partial charge in [0.2, 0.25) is 11.8 Å². The van der Waals surface area contributed by atoms with Crippen molar-refractivity contribution in [3.8, 4) is 0 Å². The predicted octanol–water partition coefficient (Wildman–Crippen LogP) is 6.05. The van der Waals surface area contributed by atoms with E-state index in [-0.39, 0.29) is 23.8 Å². The number of rotatable bonds is 11. The van der Waals surface area contributed by atoms with Gasteiger partial charge in [0.05, 0.1) is 0 Å². The van der Waals surface area contributed by atoms with Gasteiger partial charge in [0, 0.05) is 12.6 Å². The van der Waals surface area contributed by atoms with Crippen molar-refractivity contribution in [2.45, 2.75) is 124 Å². The molecule has 2 atom stereocenters. The Balaban J connectivity index is 2.45. The van der Waals surface area contributed by atoms with Gasteiger partial charge in [-0.1, -0.05) is 70.7 Å². The van der Waals surface area contributed by atoms with Crippen LogP contribution in [-0.2, 0) is 14.3 Å². The Morgan fingerprint density at radius 3 is 2.30 bits per heavy atom. The molecule has 2 N–H and O–H groups in total. The summed E-state index contributed by atoms with van der Waals surface area (Å²) in [6.45, 7) is 13.9. The second-order valence-electron chi connectivity index (χ2n) is 11.8. The highest BCUT2D eigenvalue weighted by Gasteiger charge is 2.37. The Kier molecular flexibility index (Phi) is 11.9. The van der Waals surface area contributed by atoms with Gasteiger partial charge in [0.25, 0.3) is 0 Å². The second-order valence-corrected chi connectivity index (χ2v) is 11.8. The molecule has 37 heavy (non-hydrogen) atoms. The average Bonchev–Trinajstić information content (AvgIpc) is 2.80. The van der Waals surface area contributed by atoms with Crippen molar-refractivity contribution >= 4 is 17.9 Å². The van der Waals surface area contributed by atoms with E-state index in [1.807, 2.05) is 45.0 Å². The molecular formula is C30H49N3O4. The van der Waals surface area contributed by atoms with E-state index < -0.39 is 23.8 Å². The number of carbonyl (C=O) groups excluding carboxylic acids is 3. The van der Waals surface area contributed by atoms with Gasteiger partial charge in [-0.15, -0.1) is 0 Å². The minimum Gasteiger partial charge on any atom is -0.444 e. The highest BCUT2D eigenvalue weighted by atomic mass is 16.6. The normalized spacial score (nSPS) is 16.1. The van der Waals surface area contributed by atoms with Crippen molar-refractivity contribution in [3.05, 3.63) is 35.4 Å². The van der Waals surface area contributed by atoms with Gasteiger partial charge in [-0.3, -0.25) is 9.59 Å². The third-order valence-electron chi connectivity index (χ3n) is 6.73. The van der Waals surface area contributed by atoms with E-state index in [1.54, 1.807) is 25.7 Å². The Hall–Kier alpha value is -2.57. The monoisotopic (exact) mass is 515 g/mol. The summed E-state index contributed by atoms with van der Waals surface area (Å²) in [6, 6.07) is 6.34. The molecule has 1 fully saturated rings. The first kappa shape index (κ1) is 30.7. The molecule has 0 spiro atoms. The molecule has 1 saturated carbocycles. The van der Waals surface area contributed by atoms with Crippen molar-refractivity contribution < 1.29 is 19.1 Å². The largest absolute Gasteiger partial charge is 0.444 e. The quantitative estimate of drug-likeness (QED) is 0.375. The number of carbonyl (C=O) groups is 3. The zero-order chi connectivity index (χ0) is 27.6. The highest BCUT2D eigenvalue weighted by Crippen LogP contribution is 2.28. The standard InChI is InChI=1S/C30H49N3O4/c1-8-9-19-33(28(35)25(20-21(2)3)32-29(36)37-30(5,6)7)26(24-18-14-13-15-22(24)4)27(34)31-23-16-11-10-12-17-23/h13-15,18,21,23,25-26H,8-12,16-17,19-20H2,1-7H3,(H,31,34)(H,32,36). The lowest BCUT2D eigenvalue weighted by atomic mass is 9.93. The van der Waals surface area contributed by atoms with Gasteiger partial charge in [0.1, 0.15) is 17.7 Å². The molecule has 3 amide bonds. The lowest BCUT2D eigenvalue weighted by Crippen LogP contribution is -2.54. The van der Waals surface area contributed by atoms with E-state index in [0.717, 1.165) is 49.7 Å². The Labute approximate surface area is 224 Å². The molecule has 2 rings (SSSR count). The Morgan fingerprint density at radius 1 is 1.08 bits per heavy atom. The van der Waals surface area contributed by atoms with Crippen LogP contribution in [0.25, 0.3) is 0 Å². The Morgan fingerprint density at radius 2 is 1.73 bits per heavy atom. The van der Waals surface area contributed by atoms with Crippen LogP contribution in [0.2, 0.25) is 0 Å². The fourth-order valence-corrected chi connectivity index (χ4v) is 4.91. The van der Waals surface area contributed by atoms with Gasteiger partial charge in [-0.05, 0) is 70.4 Å². The van der Waals surface area contributed by atoms with E-state index in [0.29, 0.717) is 13.0 Å². The third-order valence-corrected chi connectivity index (χ3v) is 6.73. The second kappa shape index (κ2) is 14.4. The highest BCUT2D eigenvalue weighted by molar-refractivity contribution is 5.92. The van der Waals surface area contributed by atoms with Crippen LogP contribution in [0.5, 0.6) is 0 Å².